The third kappa shape index (κ3) is 13.2. The van der Waals surface area contributed by atoms with Gasteiger partial charge < -0.3 is 0 Å². The zero-order valence-electron chi connectivity index (χ0n) is 9.95. The maximum absolute atomic E-state index is 9.97. The van der Waals surface area contributed by atoms with Gasteiger partial charge in [-0.15, -0.1) is 0 Å². The molecule has 0 aromatic heterocycles. The molecule has 0 spiro atoms. The molecular weight excluding hydrogens is 184 g/mol. The highest BCUT2D eigenvalue weighted by molar-refractivity contribution is 5.64. The van der Waals surface area contributed by atoms with Crippen molar-refractivity contribution in [2.75, 3.05) is 0 Å². The lowest BCUT2D eigenvalue weighted by Crippen LogP contribution is -1.75. The Morgan fingerprint density at radius 1 is 0.800 bits per heavy atom. The second kappa shape index (κ2) is 13.2. The van der Waals surface area contributed by atoms with E-state index in [9.17, 15) is 4.79 Å². The molecule has 0 unspecified atom stereocenters. The number of hydrogen-bond acceptors (Lipinski definition) is 1. The Balaban J connectivity index is 3.07. The Bertz CT molecular complexity index is 180. The van der Waals surface area contributed by atoms with Gasteiger partial charge in [0.15, 0.2) is 0 Å². The van der Waals surface area contributed by atoms with Gasteiger partial charge in [-0.25, -0.2) is 0 Å². The van der Waals surface area contributed by atoms with Gasteiger partial charge in [0, 0.05) is 0 Å². The van der Waals surface area contributed by atoms with Crippen molar-refractivity contribution in [3.8, 4) is 0 Å². The number of unbranched alkanes of at least 4 members (excludes halogenated alkanes) is 6. The number of hydrogen-bond donors (Lipinski definition) is 0. The van der Waals surface area contributed by atoms with Crippen molar-refractivity contribution < 1.29 is 4.79 Å². The molecule has 0 fully saturated rings. The number of rotatable bonds is 10. The fourth-order valence-electron chi connectivity index (χ4n) is 1.41. The van der Waals surface area contributed by atoms with Gasteiger partial charge in [0.25, 0.3) is 0 Å². The average Bonchev–Trinajstić information content (AvgIpc) is 2.26. The van der Waals surface area contributed by atoms with Crippen LogP contribution in [-0.4, -0.2) is 6.29 Å². The maximum atomic E-state index is 9.97. The predicted octanol–water partition coefficient (Wildman–Crippen LogP) is 4.44. The van der Waals surface area contributed by atoms with Gasteiger partial charge in [-0.1, -0.05) is 44.4 Å². The highest BCUT2D eigenvalue weighted by Gasteiger charge is 1.85. The van der Waals surface area contributed by atoms with Gasteiger partial charge >= 0.3 is 0 Å². The summed E-state index contributed by atoms with van der Waals surface area (Å²) in [7, 11) is 0. The second-order valence-electron chi connectivity index (χ2n) is 3.82. The van der Waals surface area contributed by atoms with Crippen molar-refractivity contribution in [3.63, 3.8) is 0 Å². The van der Waals surface area contributed by atoms with Crippen molar-refractivity contribution >= 4 is 6.29 Å². The molecular formula is C14H24O. The molecule has 0 saturated heterocycles. The highest BCUT2D eigenvalue weighted by Crippen LogP contribution is 2.05. The summed E-state index contributed by atoms with van der Waals surface area (Å²) < 4.78 is 0. The number of allylic oxidation sites excluding steroid dienone is 4. The van der Waals surface area contributed by atoms with E-state index in [1.54, 1.807) is 6.08 Å². The van der Waals surface area contributed by atoms with E-state index in [1.165, 1.54) is 44.9 Å². The van der Waals surface area contributed by atoms with Crippen LogP contribution in [0.1, 0.15) is 58.3 Å². The molecule has 15 heavy (non-hydrogen) atoms. The van der Waals surface area contributed by atoms with Gasteiger partial charge in [-0.3, -0.25) is 4.79 Å². The summed E-state index contributed by atoms with van der Waals surface area (Å²) in [6, 6.07) is 0. The minimum Gasteiger partial charge on any atom is -0.299 e. The molecule has 0 aromatic carbocycles. The molecule has 0 N–H and O–H groups in total. The van der Waals surface area contributed by atoms with E-state index < -0.39 is 0 Å². The van der Waals surface area contributed by atoms with Crippen LogP contribution in [-0.2, 0) is 4.79 Å². The first-order chi connectivity index (χ1) is 7.41. The van der Waals surface area contributed by atoms with Crippen molar-refractivity contribution in [2.24, 2.45) is 0 Å². The molecule has 0 bridgehead atoms. The molecule has 0 amide bonds. The molecule has 0 heterocycles. The van der Waals surface area contributed by atoms with E-state index in [-0.39, 0.29) is 0 Å². The summed E-state index contributed by atoms with van der Waals surface area (Å²) in [5.41, 5.74) is 0. The van der Waals surface area contributed by atoms with Crippen LogP contribution in [0.15, 0.2) is 24.3 Å². The van der Waals surface area contributed by atoms with E-state index in [0.29, 0.717) is 0 Å². The van der Waals surface area contributed by atoms with E-state index >= 15 is 0 Å². The van der Waals surface area contributed by atoms with E-state index in [4.69, 9.17) is 0 Å². The van der Waals surface area contributed by atoms with Gasteiger partial charge in [-0.05, 0) is 38.2 Å². The lowest BCUT2D eigenvalue weighted by molar-refractivity contribution is -0.104. The van der Waals surface area contributed by atoms with Crippen LogP contribution in [0.5, 0.6) is 0 Å². The van der Waals surface area contributed by atoms with Crippen molar-refractivity contribution in [1.29, 1.82) is 0 Å². The lowest BCUT2D eigenvalue weighted by Gasteiger charge is -1.95. The molecule has 0 aliphatic carbocycles. The summed E-state index contributed by atoms with van der Waals surface area (Å²) >= 11 is 0. The first-order valence-corrected chi connectivity index (χ1v) is 6.17. The number of carbonyl (C=O) groups is 1. The summed E-state index contributed by atoms with van der Waals surface area (Å²) in [5.74, 6) is 0. The summed E-state index contributed by atoms with van der Waals surface area (Å²) in [5, 5.41) is 0. The molecule has 86 valence electrons. The fraction of sp³-hybridized carbons (Fsp3) is 0.643. The SMILES string of the molecule is CCCC/C=C\CCCCC/C=C\C=O. The molecule has 1 nitrogen and oxygen atoms in total. The lowest BCUT2D eigenvalue weighted by atomic mass is 10.1. The Hall–Kier alpha value is -0.850. The van der Waals surface area contributed by atoms with Crippen LogP contribution in [0, 0.1) is 0 Å². The third-order valence-corrected chi connectivity index (χ3v) is 2.35. The predicted molar refractivity (Wildman–Crippen MR) is 67.0 cm³/mol. The molecule has 0 radical (unpaired) electrons. The quantitative estimate of drug-likeness (QED) is 0.224. The molecule has 0 atom stereocenters. The summed E-state index contributed by atoms with van der Waals surface area (Å²) in [4.78, 5) is 9.97. The maximum Gasteiger partial charge on any atom is 0.142 e. The Labute approximate surface area is 94.3 Å². The van der Waals surface area contributed by atoms with Crippen LogP contribution in [0.2, 0.25) is 0 Å². The largest absolute Gasteiger partial charge is 0.299 e. The Morgan fingerprint density at radius 2 is 1.40 bits per heavy atom. The average molecular weight is 208 g/mol. The summed E-state index contributed by atoms with van der Waals surface area (Å²) in [6.45, 7) is 2.22. The molecule has 1 heteroatoms. The Morgan fingerprint density at radius 3 is 2.00 bits per heavy atom. The van der Waals surface area contributed by atoms with Gasteiger partial charge in [0.2, 0.25) is 0 Å². The first-order valence-electron chi connectivity index (χ1n) is 6.17. The minimum atomic E-state index is 0.844. The molecule has 0 rings (SSSR count). The van der Waals surface area contributed by atoms with Gasteiger partial charge in [0.1, 0.15) is 6.29 Å². The zero-order chi connectivity index (χ0) is 11.2. The molecule has 0 saturated carbocycles. The fourth-order valence-corrected chi connectivity index (χ4v) is 1.41. The molecule has 0 aromatic rings. The number of carbonyl (C=O) groups excluding carboxylic acids is 1. The van der Waals surface area contributed by atoms with Crippen LogP contribution in [0.25, 0.3) is 0 Å². The van der Waals surface area contributed by atoms with E-state index in [2.05, 4.69) is 19.1 Å². The van der Waals surface area contributed by atoms with Crippen LogP contribution < -0.4 is 0 Å². The van der Waals surface area contributed by atoms with Crippen LogP contribution in [0.3, 0.4) is 0 Å². The third-order valence-electron chi connectivity index (χ3n) is 2.35. The topological polar surface area (TPSA) is 17.1 Å². The summed E-state index contributed by atoms with van der Waals surface area (Å²) in [6.07, 6.45) is 18.8. The van der Waals surface area contributed by atoms with E-state index in [1.807, 2.05) is 6.08 Å². The Kier molecular flexibility index (Phi) is 12.4. The molecule has 0 aliphatic rings. The van der Waals surface area contributed by atoms with E-state index in [0.717, 1.165) is 12.7 Å². The smallest absolute Gasteiger partial charge is 0.142 e. The van der Waals surface area contributed by atoms with Gasteiger partial charge in [0.05, 0.1) is 0 Å². The second-order valence-corrected chi connectivity index (χ2v) is 3.82. The van der Waals surface area contributed by atoms with Crippen molar-refractivity contribution in [3.05, 3.63) is 24.3 Å². The van der Waals surface area contributed by atoms with Crippen LogP contribution >= 0.6 is 0 Å². The first kappa shape index (κ1) is 14.2. The number of aldehydes is 1. The van der Waals surface area contributed by atoms with Crippen molar-refractivity contribution in [2.45, 2.75) is 58.3 Å². The zero-order valence-corrected chi connectivity index (χ0v) is 9.95. The van der Waals surface area contributed by atoms with Gasteiger partial charge in [-0.2, -0.15) is 0 Å². The monoisotopic (exact) mass is 208 g/mol. The minimum absolute atomic E-state index is 0.844. The van der Waals surface area contributed by atoms with Crippen LogP contribution in [0.4, 0.5) is 0 Å². The normalized spacial score (nSPS) is 11.5. The highest BCUT2D eigenvalue weighted by atomic mass is 16.1. The van der Waals surface area contributed by atoms with Crippen molar-refractivity contribution in [1.82, 2.24) is 0 Å². The standard InChI is InChI=1S/C14H24O/c1-2-3-4-5-6-7-8-9-10-11-12-13-14-15/h5-6,12-14H,2-4,7-11H2,1H3/b6-5-,13-12-. The molecule has 0 aliphatic heterocycles.